The average molecular weight is 374 g/mol. The van der Waals surface area contributed by atoms with E-state index in [0.29, 0.717) is 10.8 Å². The standard InChI is InChI=1S/C17H18N4O2S2/c1-10-2-4-11(5-3-10)12-8-13(22)20-16(15(12)18)25-9-14(23)21-17-19-6-7-24-17/h2-7,12,16,18H,8-9H2,1H3,(H,20,22)(H,19,21,23). The van der Waals surface area contributed by atoms with Crippen molar-refractivity contribution in [2.75, 3.05) is 11.1 Å². The molecule has 6 nitrogen and oxygen atoms in total. The lowest BCUT2D eigenvalue weighted by atomic mass is 9.87. The fourth-order valence-corrected chi connectivity index (χ4v) is 4.08. The summed E-state index contributed by atoms with van der Waals surface area (Å²) in [5.41, 5.74) is 2.53. The molecule has 0 spiro atoms. The van der Waals surface area contributed by atoms with Crippen molar-refractivity contribution in [3.8, 4) is 0 Å². The third-order valence-corrected chi connectivity index (χ3v) is 5.70. The number of carbonyl (C=O) groups excluding carboxylic acids is 2. The molecule has 2 atom stereocenters. The lowest BCUT2D eigenvalue weighted by Gasteiger charge is -2.30. The van der Waals surface area contributed by atoms with Crippen LogP contribution in [0.2, 0.25) is 0 Å². The molecule has 3 rings (SSSR count). The number of rotatable bonds is 5. The molecule has 2 aromatic rings. The normalized spacial score (nSPS) is 20.2. The largest absolute Gasteiger partial charge is 0.339 e. The number of aromatic nitrogens is 1. The molecule has 1 fully saturated rings. The second-order valence-corrected chi connectivity index (χ2v) is 7.75. The maximum atomic E-state index is 12.0. The van der Waals surface area contributed by atoms with Gasteiger partial charge in [0.1, 0.15) is 5.37 Å². The lowest BCUT2D eigenvalue weighted by Crippen LogP contribution is -2.47. The molecule has 130 valence electrons. The van der Waals surface area contributed by atoms with Crippen LogP contribution in [0.25, 0.3) is 0 Å². The molecule has 3 N–H and O–H groups in total. The van der Waals surface area contributed by atoms with E-state index in [1.165, 1.54) is 23.1 Å². The highest BCUT2D eigenvalue weighted by Gasteiger charge is 2.33. The van der Waals surface area contributed by atoms with Crippen LogP contribution < -0.4 is 10.6 Å². The molecule has 2 amide bonds. The van der Waals surface area contributed by atoms with Crippen molar-refractivity contribution in [2.45, 2.75) is 24.6 Å². The Morgan fingerprint density at radius 1 is 1.44 bits per heavy atom. The van der Waals surface area contributed by atoms with Crippen molar-refractivity contribution < 1.29 is 9.59 Å². The van der Waals surface area contributed by atoms with Crippen molar-refractivity contribution in [1.82, 2.24) is 10.3 Å². The zero-order valence-corrected chi connectivity index (χ0v) is 15.2. The first kappa shape index (κ1) is 17.6. The molecule has 0 radical (unpaired) electrons. The Kier molecular flexibility index (Phi) is 5.50. The number of aryl methyl sites for hydroxylation is 1. The molecule has 25 heavy (non-hydrogen) atoms. The maximum absolute atomic E-state index is 12.0. The molecule has 2 unspecified atom stereocenters. The number of anilines is 1. The Bertz CT molecular complexity index is 774. The van der Waals surface area contributed by atoms with Gasteiger partial charge in [0.15, 0.2) is 5.13 Å². The molecule has 0 bridgehead atoms. The Labute approximate surface area is 153 Å². The van der Waals surface area contributed by atoms with Crippen LogP contribution >= 0.6 is 23.1 Å². The zero-order valence-electron chi connectivity index (χ0n) is 13.6. The van der Waals surface area contributed by atoms with E-state index in [2.05, 4.69) is 15.6 Å². The number of nitrogens with one attached hydrogen (secondary N) is 3. The third kappa shape index (κ3) is 4.46. The Morgan fingerprint density at radius 2 is 2.20 bits per heavy atom. The third-order valence-electron chi connectivity index (χ3n) is 3.88. The van der Waals surface area contributed by atoms with E-state index >= 15 is 0 Å². The van der Waals surface area contributed by atoms with Crippen LogP contribution in [0.1, 0.15) is 23.5 Å². The van der Waals surface area contributed by atoms with Crippen LogP contribution in [-0.4, -0.2) is 33.6 Å². The highest BCUT2D eigenvalue weighted by Crippen LogP contribution is 2.29. The minimum atomic E-state index is -0.491. The summed E-state index contributed by atoms with van der Waals surface area (Å²) in [6.45, 7) is 2.00. The molecular formula is C17H18N4O2S2. The van der Waals surface area contributed by atoms with Gasteiger partial charge in [-0.25, -0.2) is 4.98 Å². The molecule has 1 aromatic heterocycles. The number of benzene rings is 1. The van der Waals surface area contributed by atoms with Gasteiger partial charge in [-0.15, -0.1) is 23.1 Å². The van der Waals surface area contributed by atoms with E-state index < -0.39 is 5.37 Å². The number of piperidine rings is 1. The molecule has 1 aromatic carbocycles. The number of carbonyl (C=O) groups is 2. The van der Waals surface area contributed by atoms with Crippen molar-refractivity contribution in [3.05, 3.63) is 47.0 Å². The van der Waals surface area contributed by atoms with E-state index in [-0.39, 0.29) is 29.9 Å². The summed E-state index contributed by atoms with van der Waals surface area (Å²) in [7, 11) is 0. The van der Waals surface area contributed by atoms with Crippen LogP contribution in [0.5, 0.6) is 0 Å². The van der Waals surface area contributed by atoms with E-state index in [1.54, 1.807) is 11.6 Å². The summed E-state index contributed by atoms with van der Waals surface area (Å²) < 4.78 is 0. The topological polar surface area (TPSA) is 94.9 Å². The van der Waals surface area contributed by atoms with Crippen molar-refractivity contribution in [3.63, 3.8) is 0 Å². The van der Waals surface area contributed by atoms with Gasteiger partial charge in [0.05, 0.1) is 5.75 Å². The average Bonchev–Trinajstić information content (AvgIpc) is 3.09. The highest BCUT2D eigenvalue weighted by molar-refractivity contribution is 8.01. The summed E-state index contributed by atoms with van der Waals surface area (Å²) in [6.07, 6.45) is 1.89. The van der Waals surface area contributed by atoms with Gasteiger partial charge < -0.3 is 16.0 Å². The lowest BCUT2D eigenvalue weighted by molar-refractivity contribution is -0.121. The number of thioether (sulfide) groups is 1. The number of hydrogen-bond acceptors (Lipinski definition) is 6. The summed E-state index contributed by atoms with van der Waals surface area (Å²) in [6, 6.07) is 7.89. The van der Waals surface area contributed by atoms with Crippen LogP contribution in [0, 0.1) is 12.3 Å². The second-order valence-electron chi connectivity index (χ2n) is 5.77. The first-order chi connectivity index (χ1) is 12.0. The number of amides is 2. The van der Waals surface area contributed by atoms with Gasteiger partial charge >= 0.3 is 0 Å². The molecule has 8 heteroatoms. The first-order valence-electron chi connectivity index (χ1n) is 7.78. The quantitative estimate of drug-likeness (QED) is 0.750. The van der Waals surface area contributed by atoms with Gasteiger partial charge in [0.25, 0.3) is 0 Å². The minimum absolute atomic E-state index is 0.0978. The zero-order chi connectivity index (χ0) is 17.8. The van der Waals surface area contributed by atoms with Crippen molar-refractivity contribution in [1.29, 1.82) is 5.41 Å². The van der Waals surface area contributed by atoms with Crippen LogP contribution in [0.15, 0.2) is 35.8 Å². The van der Waals surface area contributed by atoms with Crippen molar-refractivity contribution in [2.24, 2.45) is 0 Å². The fourth-order valence-electron chi connectivity index (χ4n) is 2.59. The second kappa shape index (κ2) is 7.79. The molecule has 0 saturated carbocycles. The first-order valence-corrected chi connectivity index (χ1v) is 9.71. The summed E-state index contributed by atoms with van der Waals surface area (Å²) in [5, 5.41) is 15.8. The van der Waals surface area contributed by atoms with Gasteiger partial charge in [-0.2, -0.15) is 0 Å². The highest BCUT2D eigenvalue weighted by atomic mass is 32.2. The summed E-state index contributed by atoms with van der Waals surface area (Å²) in [5.74, 6) is -0.388. The summed E-state index contributed by atoms with van der Waals surface area (Å²) >= 11 is 2.60. The molecule has 1 saturated heterocycles. The number of hydrogen-bond donors (Lipinski definition) is 3. The van der Waals surface area contributed by atoms with Gasteiger partial charge in [-0.05, 0) is 12.5 Å². The van der Waals surface area contributed by atoms with E-state index in [1.807, 2.05) is 31.2 Å². The maximum Gasteiger partial charge on any atom is 0.236 e. The Balaban J connectivity index is 1.62. The SMILES string of the molecule is Cc1ccc(C2CC(=O)NC(SCC(=O)Nc3nccs3)C2=N)cc1. The number of thiazole rings is 1. The molecule has 0 aliphatic carbocycles. The minimum Gasteiger partial charge on any atom is -0.339 e. The molecule has 1 aliphatic heterocycles. The summed E-state index contributed by atoms with van der Waals surface area (Å²) in [4.78, 5) is 28.0. The van der Waals surface area contributed by atoms with E-state index in [9.17, 15) is 9.59 Å². The predicted molar refractivity (Wildman–Crippen MR) is 101 cm³/mol. The van der Waals surface area contributed by atoms with E-state index in [4.69, 9.17) is 5.41 Å². The Hall–Kier alpha value is -2.19. The Morgan fingerprint density at radius 3 is 2.88 bits per heavy atom. The van der Waals surface area contributed by atoms with Crippen molar-refractivity contribution >= 4 is 45.8 Å². The smallest absolute Gasteiger partial charge is 0.236 e. The van der Waals surface area contributed by atoms with Gasteiger partial charge in [-0.3, -0.25) is 9.59 Å². The van der Waals surface area contributed by atoms with Crippen LogP contribution in [-0.2, 0) is 9.59 Å². The van der Waals surface area contributed by atoms with Gasteiger partial charge in [0.2, 0.25) is 11.8 Å². The fraction of sp³-hybridized carbons (Fsp3) is 0.294. The molecular weight excluding hydrogens is 356 g/mol. The van der Waals surface area contributed by atoms with Gasteiger partial charge in [0, 0.05) is 29.6 Å². The monoisotopic (exact) mass is 374 g/mol. The van der Waals surface area contributed by atoms with Crippen LogP contribution in [0.4, 0.5) is 5.13 Å². The molecule has 2 heterocycles. The van der Waals surface area contributed by atoms with Crippen LogP contribution in [0.3, 0.4) is 0 Å². The van der Waals surface area contributed by atoms with E-state index in [0.717, 1.165) is 11.1 Å². The predicted octanol–water partition coefficient (Wildman–Crippen LogP) is 2.77. The molecule has 1 aliphatic rings. The van der Waals surface area contributed by atoms with Gasteiger partial charge in [-0.1, -0.05) is 29.8 Å². The number of nitrogens with zero attached hydrogens (tertiary/aromatic N) is 1.